The van der Waals surface area contributed by atoms with E-state index in [0.717, 1.165) is 64.4 Å². The predicted octanol–water partition coefficient (Wildman–Crippen LogP) is 8.35. The molecule has 3 aromatic carbocycles. The van der Waals surface area contributed by atoms with Gasteiger partial charge in [-0.1, -0.05) is 41.8 Å². The zero-order chi connectivity index (χ0) is 27.5. The van der Waals surface area contributed by atoms with Crippen molar-refractivity contribution in [2.24, 2.45) is 4.99 Å². The van der Waals surface area contributed by atoms with Gasteiger partial charge in [-0.25, -0.2) is 4.98 Å². The molecule has 0 radical (unpaired) electrons. The number of aromatic nitrogens is 2. The summed E-state index contributed by atoms with van der Waals surface area (Å²) in [4.78, 5) is 12.8. The summed E-state index contributed by atoms with van der Waals surface area (Å²) in [5.74, 6) is 0. The fourth-order valence-corrected chi connectivity index (χ4v) is 5.84. The maximum Gasteiger partial charge on any atom is 0.0900 e. The minimum Gasteiger partial charge on any atom is -0.354 e. The molecule has 1 aliphatic carbocycles. The summed E-state index contributed by atoms with van der Waals surface area (Å²) in [7, 11) is 0. The second-order valence-corrected chi connectivity index (χ2v) is 11.4. The zero-order valence-electron chi connectivity index (χ0n) is 22.7. The molecule has 1 unspecified atom stereocenters. The van der Waals surface area contributed by atoms with Crippen LogP contribution in [0.1, 0.15) is 32.6 Å². The fourth-order valence-electron chi connectivity index (χ4n) is 5.59. The number of hydrogen-bond donors (Lipinski definition) is 1. The van der Waals surface area contributed by atoms with Crippen molar-refractivity contribution in [1.29, 1.82) is 0 Å². The fraction of sp³-hybridized carbons (Fsp3) is 0.273. The highest BCUT2D eigenvalue weighted by atomic mass is 35.5. The lowest BCUT2D eigenvalue weighted by atomic mass is 10.0. The third-order valence-electron chi connectivity index (χ3n) is 7.73. The van der Waals surface area contributed by atoms with Crippen LogP contribution in [-0.4, -0.2) is 40.1 Å². The number of para-hydroxylation sites is 2. The molecular weight excluding hydrogens is 537 g/mol. The van der Waals surface area contributed by atoms with E-state index in [1.807, 2.05) is 66.7 Å². The molecule has 5 nitrogen and oxygen atoms in total. The number of fused-ring (bicyclic) bond motifs is 2. The lowest BCUT2D eigenvalue weighted by molar-refractivity contribution is 0.160. The van der Waals surface area contributed by atoms with E-state index >= 15 is 0 Å². The number of likely N-dealkylation sites (tertiary alicyclic amines) is 1. The van der Waals surface area contributed by atoms with Crippen molar-refractivity contribution in [3.63, 3.8) is 0 Å². The summed E-state index contributed by atoms with van der Waals surface area (Å²) in [6, 6.07) is 28.8. The van der Waals surface area contributed by atoms with Gasteiger partial charge in [-0.2, -0.15) is 0 Å². The molecule has 6 rings (SSSR count). The van der Waals surface area contributed by atoms with Crippen LogP contribution in [0, 0.1) is 0 Å². The maximum atomic E-state index is 6.25. The number of benzene rings is 4. The Bertz CT molecular complexity index is 1640. The van der Waals surface area contributed by atoms with Crippen molar-refractivity contribution in [1.82, 2.24) is 14.5 Å². The van der Waals surface area contributed by atoms with E-state index in [0.29, 0.717) is 16.1 Å². The molecule has 0 spiro atoms. The van der Waals surface area contributed by atoms with Crippen LogP contribution in [0.2, 0.25) is 10.0 Å². The van der Waals surface area contributed by atoms with Crippen LogP contribution in [0.5, 0.6) is 0 Å². The van der Waals surface area contributed by atoms with Crippen molar-refractivity contribution in [2.75, 3.05) is 25.0 Å². The molecule has 7 heteroatoms. The number of halogens is 2. The number of nitrogens with one attached hydrogen (secondary N) is 1. The molecule has 2 aliphatic heterocycles. The summed E-state index contributed by atoms with van der Waals surface area (Å²) in [6.45, 7) is 5.38. The van der Waals surface area contributed by atoms with Gasteiger partial charge in [-0.05, 0) is 106 Å². The molecule has 0 aromatic heterocycles. The van der Waals surface area contributed by atoms with Crippen LogP contribution >= 0.6 is 23.2 Å². The second kappa shape index (κ2) is 12.0. The summed E-state index contributed by atoms with van der Waals surface area (Å²) in [6.07, 6.45) is 4.96. The maximum absolute atomic E-state index is 6.25. The normalized spacial score (nSPS) is 16.6. The largest absolute Gasteiger partial charge is 0.354 e. The van der Waals surface area contributed by atoms with Crippen LogP contribution in [0.25, 0.3) is 28.1 Å². The minimum atomic E-state index is 0.661. The van der Waals surface area contributed by atoms with Crippen LogP contribution in [0.4, 0.5) is 11.4 Å². The number of nitrogens with zero attached hydrogens (tertiary/aromatic N) is 4. The molecule has 204 valence electrons. The molecule has 1 saturated heterocycles. The van der Waals surface area contributed by atoms with E-state index in [1.54, 1.807) is 0 Å². The van der Waals surface area contributed by atoms with E-state index in [2.05, 4.69) is 39.9 Å². The van der Waals surface area contributed by atoms with Crippen LogP contribution in [0.3, 0.4) is 0 Å². The first-order valence-corrected chi connectivity index (χ1v) is 14.8. The van der Waals surface area contributed by atoms with Gasteiger partial charge < -0.3 is 14.8 Å². The third kappa shape index (κ3) is 5.87. The molecule has 0 saturated carbocycles. The van der Waals surface area contributed by atoms with Crippen molar-refractivity contribution < 1.29 is 0 Å². The zero-order valence-corrected chi connectivity index (χ0v) is 24.2. The van der Waals surface area contributed by atoms with Crippen molar-refractivity contribution in [3.8, 4) is 17.1 Å². The lowest BCUT2D eigenvalue weighted by Crippen LogP contribution is -2.38. The van der Waals surface area contributed by atoms with Gasteiger partial charge in [0.15, 0.2) is 0 Å². The van der Waals surface area contributed by atoms with Crippen LogP contribution in [-0.2, 0) is 0 Å². The van der Waals surface area contributed by atoms with Crippen molar-refractivity contribution in [3.05, 3.63) is 100 Å². The average molecular weight is 571 g/mol. The first-order chi connectivity index (χ1) is 19.5. The number of hydrogen-bond acceptors (Lipinski definition) is 4. The van der Waals surface area contributed by atoms with Gasteiger partial charge >= 0.3 is 0 Å². The summed E-state index contributed by atoms with van der Waals surface area (Å²) in [5.41, 5.74) is 6.72. The molecule has 2 heterocycles. The van der Waals surface area contributed by atoms with E-state index in [9.17, 15) is 0 Å². The van der Waals surface area contributed by atoms with Gasteiger partial charge in [0.2, 0.25) is 0 Å². The Labute approximate surface area is 245 Å². The van der Waals surface area contributed by atoms with Crippen LogP contribution < -0.4 is 10.7 Å². The van der Waals surface area contributed by atoms with E-state index in [4.69, 9.17) is 33.2 Å². The highest BCUT2D eigenvalue weighted by molar-refractivity contribution is 6.30. The highest BCUT2D eigenvalue weighted by Gasteiger charge is 2.18. The topological polar surface area (TPSA) is 45.5 Å². The molecule has 1 fully saturated rings. The van der Waals surface area contributed by atoms with Gasteiger partial charge in [0, 0.05) is 40.6 Å². The summed E-state index contributed by atoms with van der Waals surface area (Å²) >= 11 is 12.4. The van der Waals surface area contributed by atoms with Gasteiger partial charge in [0.05, 0.1) is 33.5 Å². The highest BCUT2D eigenvalue weighted by Crippen LogP contribution is 2.31. The quantitative estimate of drug-likeness (QED) is 0.158. The SMILES string of the molecule is CC1CCCCN1CCCN=c1cc2n(-c3ccc(Cl)cc3)c3ccccc3nc-2cc1Nc1ccc(Cl)cc1. The van der Waals surface area contributed by atoms with Crippen LogP contribution in [0.15, 0.2) is 89.9 Å². The molecule has 0 amide bonds. The average Bonchev–Trinajstić information content (AvgIpc) is 2.97. The summed E-state index contributed by atoms with van der Waals surface area (Å²) < 4.78 is 2.24. The minimum absolute atomic E-state index is 0.661. The first kappa shape index (κ1) is 26.8. The Balaban J connectivity index is 1.45. The number of piperidine rings is 1. The molecule has 3 aliphatic rings. The number of rotatable bonds is 7. The smallest absolute Gasteiger partial charge is 0.0900 e. The molecule has 40 heavy (non-hydrogen) atoms. The monoisotopic (exact) mass is 569 g/mol. The Morgan fingerprint density at radius 2 is 1.68 bits per heavy atom. The molecule has 3 aromatic rings. The Morgan fingerprint density at radius 3 is 2.45 bits per heavy atom. The van der Waals surface area contributed by atoms with E-state index < -0.39 is 0 Å². The van der Waals surface area contributed by atoms with Gasteiger partial charge in [0.25, 0.3) is 0 Å². The Kier molecular flexibility index (Phi) is 8.05. The number of anilines is 2. The predicted molar refractivity (Wildman–Crippen MR) is 167 cm³/mol. The Hall–Kier alpha value is -3.38. The first-order valence-electron chi connectivity index (χ1n) is 14.0. The van der Waals surface area contributed by atoms with Crippen molar-refractivity contribution >= 4 is 45.6 Å². The molecule has 1 N–H and O–H groups in total. The molecular formula is C33H33Cl2N5. The molecule has 0 bridgehead atoms. The van der Waals surface area contributed by atoms with Gasteiger partial charge in [-0.3, -0.25) is 4.99 Å². The Morgan fingerprint density at radius 1 is 0.925 bits per heavy atom. The lowest BCUT2D eigenvalue weighted by Gasteiger charge is -2.33. The summed E-state index contributed by atoms with van der Waals surface area (Å²) in [5, 5.41) is 5.90. The molecule has 1 atom stereocenters. The second-order valence-electron chi connectivity index (χ2n) is 10.5. The van der Waals surface area contributed by atoms with E-state index in [1.165, 1.54) is 25.8 Å². The van der Waals surface area contributed by atoms with Crippen molar-refractivity contribution in [2.45, 2.75) is 38.6 Å². The van der Waals surface area contributed by atoms with Gasteiger partial charge in [0.1, 0.15) is 0 Å². The van der Waals surface area contributed by atoms with E-state index in [-0.39, 0.29) is 0 Å². The standard InChI is InChI=1S/C33H33Cl2N5/c1-23-7-4-5-19-39(23)20-6-18-36-29-22-33-31(21-30(29)37-26-14-10-24(34)11-15-26)38-28-8-2-3-9-32(28)40(33)27-16-12-25(35)13-17-27/h2-3,8-17,21-23,37H,4-7,18-20H2,1H3. The van der Waals surface area contributed by atoms with Gasteiger partial charge in [-0.15, -0.1) is 0 Å². The third-order valence-corrected chi connectivity index (χ3v) is 8.24.